The Morgan fingerprint density at radius 2 is 2.18 bits per heavy atom. The monoisotopic (exact) mass is 324 g/mol. The molecule has 1 aliphatic heterocycles. The van der Waals surface area contributed by atoms with Crippen LogP contribution in [0.5, 0.6) is 0 Å². The maximum Gasteiger partial charge on any atom is 0.236 e. The molecule has 1 aromatic rings. The molecule has 120 valence electrons. The molecule has 1 aliphatic carbocycles. The fourth-order valence-electron chi connectivity index (χ4n) is 2.80. The summed E-state index contributed by atoms with van der Waals surface area (Å²) in [6.07, 6.45) is 2.30. The lowest BCUT2D eigenvalue weighted by molar-refractivity contribution is -0.128. The molecular formula is C14H20N4O3S. The van der Waals surface area contributed by atoms with Gasteiger partial charge in [-0.2, -0.15) is 0 Å². The molecule has 22 heavy (non-hydrogen) atoms. The van der Waals surface area contributed by atoms with Crippen LogP contribution in [0.15, 0.2) is 0 Å². The highest BCUT2D eigenvalue weighted by Crippen LogP contribution is 2.34. The van der Waals surface area contributed by atoms with Gasteiger partial charge in [0.1, 0.15) is 0 Å². The lowest BCUT2D eigenvalue weighted by atomic mass is 9.90. The zero-order valence-corrected chi connectivity index (χ0v) is 13.2. The second-order valence-corrected chi connectivity index (χ2v) is 6.65. The molecule has 1 unspecified atom stereocenters. The molecule has 2 amide bonds. The highest BCUT2D eigenvalue weighted by atomic mass is 32.1. The number of amides is 2. The highest BCUT2D eigenvalue weighted by Gasteiger charge is 2.28. The molecule has 0 bridgehead atoms. The van der Waals surface area contributed by atoms with Gasteiger partial charge in [-0.25, -0.2) is 4.98 Å². The van der Waals surface area contributed by atoms with Crippen molar-refractivity contribution >= 4 is 28.3 Å². The topological polar surface area (TPSA) is 97.5 Å². The number of carbonyl (C=O) groups excluding carboxylic acids is 2. The zero-order valence-electron chi connectivity index (χ0n) is 12.3. The predicted molar refractivity (Wildman–Crippen MR) is 82.9 cm³/mol. The number of ether oxygens (including phenoxy) is 1. The van der Waals surface area contributed by atoms with Crippen molar-refractivity contribution in [1.29, 1.82) is 0 Å². The van der Waals surface area contributed by atoms with Gasteiger partial charge in [-0.3, -0.25) is 9.59 Å². The van der Waals surface area contributed by atoms with Gasteiger partial charge in [0, 0.05) is 30.3 Å². The van der Waals surface area contributed by atoms with Gasteiger partial charge in [0.05, 0.1) is 25.5 Å². The summed E-state index contributed by atoms with van der Waals surface area (Å²) in [6, 6.07) is 0. The summed E-state index contributed by atoms with van der Waals surface area (Å²) in [6.45, 7) is 3.12. The van der Waals surface area contributed by atoms with Gasteiger partial charge in [0.15, 0.2) is 5.13 Å². The number of thiazole rings is 1. The van der Waals surface area contributed by atoms with Crippen LogP contribution in [-0.2, 0) is 27.2 Å². The first-order valence-electron chi connectivity index (χ1n) is 7.51. The second kappa shape index (κ2) is 6.62. The van der Waals surface area contributed by atoms with Crippen LogP contribution < -0.4 is 16.0 Å². The minimum atomic E-state index is -0.520. The van der Waals surface area contributed by atoms with Crippen molar-refractivity contribution in [3.8, 4) is 0 Å². The average Bonchev–Trinajstić information content (AvgIpc) is 2.96. The number of hydrogen-bond acceptors (Lipinski definition) is 6. The highest BCUT2D eigenvalue weighted by molar-refractivity contribution is 7.15. The molecular weight excluding hydrogens is 304 g/mol. The van der Waals surface area contributed by atoms with E-state index in [1.165, 1.54) is 4.88 Å². The molecule has 7 nitrogen and oxygen atoms in total. The van der Waals surface area contributed by atoms with Crippen LogP contribution in [0.2, 0.25) is 0 Å². The second-order valence-electron chi connectivity index (χ2n) is 5.59. The minimum Gasteiger partial charge on any atom is -0.378 e. The van der Waals surface area contributed by atoms with E-state index in [0.29, 0.717) is 6.42 Å². The van der Waals surface area contributed by atoms with Gasteiger partial charge < -0.3 is 20.7 Å². The van der Waals surface area contributed by atoms with E-state index in [9.17, 15) is 9.59 Å². The molecule has 2 aliphatic rings. The van der Waals surface area contributed by atoms with Crippen LogP contribution in [-0.4, -0.2) is 49.6 Å². The van der Waals surface area contributed by atoms with E-state index >= 15 is 0 Å². The average molecular weight is 324 g/mol. The number of anilines is 1. The molecule has 1 aromatic heterocycles. The first-order valence-corrected chi connectivity index (χ1v) is 8.32. The standard InChI is InChI=1S/C14H20N4O3S/c15-12(19)8-16-13(20)9-1-2-11-10(7-9)17-14(22-11)18-3-5-21-6-4-18/h9H,1-8H2,(H2,15,19)(H,16,20). The maximum absolute atomic E-state index is 12.1. The van der Waals surface area contributed by atoms with Crippen molar-refractivity contribution in [2.45, 2.75) is 19.3 Å². The Morgan fingerprint density at radius 1 is 1.41 bits per heavy atom. The third-order valence-corrected chi connectivity index (χ3v) is 5.23. The van der Waals surface area contributed by atoms with Crippen molar-refractivity contribution in [3.63, 3.8) is 0 Å². The Hall–Kier alpha value is -1.67. The fraction of sp³-hybridized carbons (Fsp3) is 0.643. The van der Waals surface area contributed by atoms with E-state index in [-0.39, 0.29) is 18.4 Å². The number of hydrogen-bond donors (Lipinski definition) is 2. The number of carbonyl (C=O) groups is 2. The van der Waals surface area contributed by atoms with Gasteiger partial charge in [-0.05, 0) is 12.8 Å². The smallest absolute Gasteiger partial charge is 0.236 e. The Bertz CT molecular complexity index is 568. The van der Waals surface area contributed by atoms with E-state index in [2.05, 4.69) is 10.2 Å². The summed E-state index contributed by atoms with van der Waals surface area (Å²) < 4.78 is 5.36. The Balaban J connectivity index is 1.64. The van der Waals surface area contributed by atoms with Crippen LogP contribution in [0.4, 0.5) is 5.13 Å². The first-order chi connectivity index (χ1) is 10.6. The molecule has 2 heterocycles. The maximum atomic E-state index is 12.1. The van der Waals surface area contributed by atoms with Gasteiger partial charge in [-0.1, -0.05) is 0 Å². The van der Waals surface area contributed by atoms with Crippen LogP contribution in [0.1, 0.15) is 17.0 Å². The molecule has 1 atom stereocenters. The van der Waals surface area contributed by atoms with E-state index in [0.717, 1.165) is 50.0 Å². The summed E-state index contributed by atoms with van der Waals surface area (Å²) in [7, 11) is 0. The molecule has 0 spiro atoms. The minimum absolute atomic E-state index is 0.0989. The Kier molecular flexibility index (Phi) is 4.58. The molecule has 0 aromatic carbocycles. The van der Waals surface area contributed by atoms with Crippen LogP contribution >= 0.6 is 11.3 Å². The summed E-state index contributed by atoms with van der Waals surface area (Å²) in [5.74, 6) is -0.745. The number of rotatable bonds is 4. The van der Waals surface area contributed by atoms with Crippen molar-refractivity contribution in [2.24, 2.45) is 11.7 Å². The summed E-state index contributed by atoms with van der Waals surface area (Å²) in [5, 5.41) is 3.62. The molecule has 8 heteroatoms. The van der Waals surface area contributed by atoms with E-state index in [1.54, 1.807) is 11.3 Å². The summed E-state index contributed by atoms with van der Waals surface area (Å²) in [5.41, 5.74) is 6.08. The number of aryl methyl sites for hydroxylation is 1. The lowest BCUT2D eigenvalue weighted by Gasteiger charge is -2.26. The van der Waals surface area contributed by atoms with Crippen molar-refractivity contribution in [2.75, 3.05) is 37.7 Å². The quantitative estimate of drug-likeness (QED) is 0.791. The number of nitrogens with two attached hydrogens (primary N) is 1. The molecule has 0 saturated carbocycles. The fourth-order valence-corrected chi connectivity index (χ4v) is 3.95. The Morgan fingerprint density at radius 3 is 2.91 bits per heavy atom. The van der Waals surface area contributed by atoms with Crippen LogP contribution in [0.3, 0.4) is 0 Å². The number of morpholine rings is 1. The number of nitrogens with one attached hydrogen (secondary N) is 1. The van der Waals surface area contributed by atoms with E-state index in [4.69, 9.17) is 15.5 Å². The molecule has 3 rings (SSSR count). The van der Waals surface area contributed by atoms with Crippen molar-refractivity contribution in [3.05, 3.63) is 10.6 Å². The van der Waals surface area contributed by atoms with Gasteiger partial charge >= 0.3 is 0 Å². The summed E-state index contributed by atoms with van der Waals surface area (Å²) in [4.78, 5) is 31.0. The summed E-state index contributed by atoms with van der Waals surface area (Å²) >= 11 is 1.73. The molecule has 0 radical (unpaired) electrons. The Labute approximate surface area is 132 Å². The molecule has 1 fully saturated rings. The third-order valence-electron chi connectivity index (χ3n) is 4.02. The number of primary amides is 1. The van der Waals surface area contributed by atoms with E-state index < -0.39 is 5.91 Å². The number of aromatic nitrogens is 1. The largest absolute Gasteiger partial charge is 0.378 e. The van der Waals surface area contributed by atoms with Gasteiger partial charge in [0.25, 0.3) is 0 Å². The zero-order chi connectivity index (χ0) is 15.5. The normalized spacial score (nSPS) is 21.3. The number of fused-ring (bicyclic) bond motifs is 1. The van der Waals surface area contributed by atoms with Crippen molar-refractivity contribution < 1.29 is 14.3 Å². The predicted octanol–water partition coefficient (Wildman–Crippen LogP) is -0.314. The molecule has 1 saturated heterocycles. The van der Waals surface area contributed by atoms with Gasteiger partial charge in [-0.15, -0.1) is 11.3 Å². The first kappa shape index (κ1) is 15.2. The number of nitrogens with zero attached hydrogens (tertiary/aromatic N) is 2. The van der Waals surface area contributed by atoms with Crippen molar-refractivity contribution in [1.82, 2.24) is 10.3 Å². The third kappa shape index (κ3) is 3.38. The SMILES string of the molecule is NC(=O)CNC(=O)C1CCc2sc(N3CCOCC3)nc2C1. The lowest BCUT2D eigenvalue weighted by Crippen LogP contribution is -2.39. The van der Waals surface area contributed by atoms with E-state index in [1.807, 2.05) is 0 Å². The molecule has 3 N–H and O–H groups in total. The van der Waals surface area contributed by atoms with Crippen LogP contribution in [0.25, 0.3) is 0 Å². The van der Waals surface area contributed by atoms with Crippen LogP contribution in [0, 0.1) is 5.92 Å². The van der Waals surface area contributed by atoms with Gasteiger partial charge in [0.2, 0.25) is 11.8 Å².